The molecule has 1 heterocycles. The summed E-state index contributed by atoms with van der Waals surface area (Å²) in [6, 6.07) is 7.09. The minimum Gasteiger partial charge on any atom is -0.306 e. The van der Waals surface area contributed by atoms with Gasteiger partial charge >= 0.3 is 0 Å². The number of hydrogen-bond acceptors (Lipinski definition) is 1. The third kappa shape index (κ3) is 1.78. The molecule has 0 amide bonds. The van der Waals surface area contributed by atoms with E-state index < -0.39 is 0 Å². The summed E-state index contributed by atoms with van der Waals surface area (Å²) in [7, 11) is 0. The van der Waals surface area contributed by atoms with Crippen molar-refractivity contribution in [2.45, 2.75) is 12.5 Å². The topological polar surface area (TPSA) is 12.0 Å². The summed E-state index contributed by atoms with van der Waals surface area (Å²) >= 11 is 0. The molecule has 0 fully saturated rings. The average Bonchev–Trinajstić information content (AvgIpc) is 2.20. The summed E-state index contributed by atoms with van der Waals surface area (Å²) in [5.74, 6) is -0.115. The Labute approximate surface area is 77.3 Å². The summed E-state index contributed by atoms with van der Waals surface area (Å²) in [5, 5.41) is 3.25. The van der Waals surface area contributed by atoms with Crippen LogP contribution in [0.5, 0.6) is 0 Å². The zero-order chi connectivity index (χ0) is 9.10. The maximum Gasteiger partial charge on any atom is 0.127 e. The van der Waals surface area contributed by atoms with Gasteiger partial charge in [0.05, 0.1) is 0 Å². The minimum atomic E-state index is -0.115. The quantitative estimate of drug-likeness (QED) is 0.649. The number of halogens is 1. The lowest BCUT2D eigenvalue weighted by molar-refractivity contribution is 0.513. The van der Waals surface area contributed by atoms with E-state index in [1.54, 1.807) is 6.07 Å². The highest BCUT2D eigenvalue weighted by atomic mass is 19.1. The smallest absolute Gasteiger partial charge is 0.127 e. The maximum atomic E-state index is 13.3. The number of benzene rings is 1. The molecule has 1 atom stereocenters. The molecule has 1 unspecified atom stereocenters. The molecular weight excluding hydrogens is 165 g/mol. The Hall–Kier alpha value is -1.15. The fraction of sp³-hybridized carbons (Fsp3) is 0.273. The van der Waals surface area contributed by atoms with E-state index in [2.05, 4.69) is 17.5 Å². The zero-order valence-corrected chi connectivity index (χ0v) is 7.33. The van der Waals surface area contributed by atoms with Crippen molar-refractivity contribution in [3.8, 4) is 0 Å². The van der Waals surface area contributed by atoms with Crippen molar-refractivity contribution in [2.24, 2.45) is 0 Å². The maximum absolute atomic E-state index is 13.3. The largest absolute Gasteiger partial charge is 0.306 e. The van der Waals surface area contributed by atoms with E-state index in [1.807, 2.05) is 12.1 Å². The molecule has 1 aliphatic heterocycles. The molecule has 1 nitrogen and oxygen atoms in total. The molecule has 2 rings (SSSR count). The van der Waals surface area contributed by atoms with E-state index in [0.29, 0.717) is 0 Å². The van der Waals surface area contributed by atoms with Gasteiger partial charge in [0, 0.05) is 18.2 Å². The van der Waals surface area contributed by atoms with Crippen LogP contribution in [0.1, 0.15) is 18.0 Å². The van der Waals surface area contributed by atoms with Gasteiger partial charge in [0.1, 0.15) is 5.82 Å². The molecule has 1 N–H and O–H groups in total. The van der Waals surface area contributed by atoms with Crippen molar-refractivity contribution in [1.29, 1.82) is 0 Å². The minimum absolute atomic E-state index is 0.115. The van der Waals surface area contributed by atoms with Gasteiger partial charge in [-0.25, -0.2) is 4.39 Å². The van der Waals surface area contributed by atoms with Crippen LogP contribution < -0.4 is 5.32 Å². The molecule has 0 spiro atoms. The zero-order valence-electron chi connectivity index (χ0n) is 7.33. The molecule has 0 saturated carbocycles. The molecule has 2 heteroatoms. The van der Waals surface area contributed by atoms with Gasteiger partial charge in [0.2, 0.25) is 0 Å². The van der Waals surface area contributed by atoms with Gasteiger partial charge in [-0.1, -0.05) is 30.4 Å². The molecule has 1 aliphatic rings. The highest BCUT2D eigenvalue weighted by Crippen LogP contribution is 2.21. The SMILES string of the molecule is Fc1ccccc1C1CC=CCN1. The van der Waals surface area contributed by atoms with Gasteiger partial charge in [-0.2, -0.15) is 0 Å². The first-order valence-corrected chi connectivity index (χ1v) is 4.51. The van der Waals surface area contributed by atoms with Crippen LogP contribution >= 0.6 is 0 Å². The van der Waals surface area contributed by atoms with Crippen LogP contribution in [0.15, 0.2) is 36.4 Å². The summed E-state index contributed by atoms with van der Waals surface area (Å²) in [6.45, 7) is 0.832. The van der Waals surface area contributed by atoms with Crippen LogP contribution in [0.4, 0.5) is 4.39 Å². The second-order valence-electron chi connectivity index (χ2n) is 3.19. The van der Waals surface area contributed by atoms with Crippen molar-refractivity contribution in [2.75, 3.05) is 6.54 Å². The third-order valence-electron chi connectivity index (χ3n) is 2.30. The summed E-state index contributed by atoms with van der Waals surface area (Å²) in [5.41, 5.74) is 0.770. The van der Waals surface area contributed by atoms with Crippen molar-refractivity contribution in [3.05, 3.63) is 47.8 Å². The van der Waals surface area contributed by atoms with Gasteiger partial charge in [0.25, 0.3) is 0 Å². The monoisotopic (exact) mass is 177 g/mol. The van der Waals surface area contributed by atoms with Gasteiger partial charge in [-0.15, -0.1) is 0 Å². The summed E-state index contributed by atoms with van der Waals surface area (Å²) < 4.78 is 13.3. The van der Waals surface area contributed by atoms with Crippen LogP contribution in [0.2, 0.25) is 0 Å². The molecular formula is C11H12FN. The molecule has 0 bridgehead atoms. The second kappa shape index (κ2) is 3.71. The third-order valence-corrected chi connectivity index (χ3v) is 2.30. The Morgan fingerprint density at radius 2 is 2.08 bits per heavy atom. The standard InChI is InChI=1S/C11H12FN/c12-10-6-2-1-5-9(10)11-7-3-4-8-13-11/h1-6,11,13H,7-8H2. The van der Waals surface area contributed by atoms with Gasteiger partial charge < -0.3 is 5.32 Å². The van der Waals surface area contributed by atoms with E-state index in [0.717, 1.165) is 18.5 Å². The molecule has 1 aromatic carbocycles. The van der Waals surface area contributed by atoms with Gasteiger partial charge in [-0.3, -0.25) is 0 Å². The fourth-order valence-electron chi connectivity index (χ4n) is 1.60. The predicted molar refractivity (Wildman–Crippen MR) is 50.9 cm³/mol. The van der Waals surface area contributed by atoms with Gasteiger partial charge in [0.15, 0.2) is 0 Å². The molecule has 0 radical (unpaired) electrons. The highest BCUT2D eigenvalue weighted by Gasteiger charge is 2.14. The number of hydrogen-bond donors (Lipinski definition) is 1. The Kier molecular flexibility index (Phi) is 2.41. The fourth-order valence-corrected chi connectivity index (χ4v) is 1.60. The molecule has 0 aliphatic carbocycles. The predicted octanol–water partition coefficient (Wildman–Crippen LogP) is 2.42. The van der Waals surface area contributed by atoms with Crippen LogP contribution in [0.25, 0.3) is 0 Å². The molecule has 1 aromatic rings. The first-order chi connectivity index (χ1) is 6.38. The average molecular weight is 177 g/mol. The molecule has 13 heavy (non-hydrogen) atoms. The van der Waals surface area contributed by atoms with Crippen molar-refractivity contribution in [1.82, 2.24) is 5.32 Å². The second-order valence-corrected chi connectivity index (χ2v) is 3.19. The van der Waals surface area contributed by atoms with Crippen LogP contribution in [-0.2, 0) is 0 Å². The van der Waals surface area contributed by atoms with Crippen molar-refractivity contribution < 1.29 is 4.39 Å². The lowest BCUT2D eigenvalue weighted by Crippen LogP contribution is -2.24. The van der Waals surface area contributed by atoms with Crippen LogP contribution in [0, 0.1) is 5.82 Å². The lowest BCUT2D eigenvalue weighted by Gasteiger charge is -2.20. The van der Waals surface area contributed by atoms with Gasteiger partial charge in [-0.05, 0) is 12.5 Å². The van der Waals surface area contributed by atoms with E-state index in [-0.39, 0.29) is 11.9 Å². The lowest BCUT2D eigenvalue weighted by atomic mass is 10.0. The normalized spacial score (nSPS) is 21.8. The van der Waals surface area contributed by atoms with Crippen LogP contribution in [0.3, 0.4) is 0 Å². The van der Waals surface area contributed by atoms with E-state index in [4.69, 9.17) is 0 Å². The van der Waals surface area contributed by atoms with Crippen molar-refractivity contribution in [3.63, 3.8) is 0 Å². The Morgan fingerprint density at radius 1 is 1.23 bits per heavy atom. The first-order valence-electron chi connectivity index (χ1n) is 4.51. The molecule has 68 valence electrons. The van der Waals surface area contributed by atoms with Crippen LogP contribution in [-0.4, -0.2) is 6.54 Å². The van der Waals surface area contributed by atoms with E-state index >= 15 is 0 Å². The van der Waals surface area contributed by atoms with E-state index in [1.165, 1.54) is 6.07 Å². The highest BCUT2D eigenvalue weighted by molar-refractivity contribution is 5.22. The molecule has 0 saturated heterocycles. The summed E-state index contributed by atoms with van der Waals surface area (Å²) in [6.07, 6.45) is 5.03. The number of nitrogens with one attached hydrogen (secondary N) is 1. The first kappa shape index (κ1) is 8.45. The van der Waals surface area contributed by atoms with E-state index in [9.17, 15) is 4.39 Å². The van der Waals surface area contributed by atoms with Crippen molar-refractivity contribution >= 4 is 0 Å². The summed E-state index contributed by atoms with van der Waals surface area (Å²) in [4.78, 5) is 0. The Bertz CT molecular complexity index is 320. The molecule has 0 aromatic heterocycles. The Balaban J connectivity index is 2.24. The number of rotatable bonds is 1. The Morgan fingerprint density at radius 3 is 2.77 bits per heavy atom.